The molecule has 5 nitrogen and oxygen atoms in total. The summed E-state index contributed by atoms with van der Waals surface area (Å²) >= 11 is 0. The minimum atomic E-state index is -0.486. The Kier molecular flexibility index (Phi) is 2.29. The lowest BCUT2D eigenvalue weighted by atomic mass is 9.94. The number of fused-ring (bicyclic) bond motifs is 4. The summed E-state index contributed by atoms with van der Waals surface area (Å²) in [5.74, 6) is 0. The molecule has 0 spiro atoms. The van der Waals surface area contributed by atoms with Crippen LogP contribution in [0.3, 0.4) is 0 Å². The van der Waals surface area contributed by atoms with Crippen molar-refractivity contribution >= 4 is 33.7 Å². The number of rotatable bonds is 0. The van der Waals surface area contributed by atoms with E-state index in [1.165, 1.54) is 12.1 Å². The van der Waals surface area contributed by atoms with Gasteiger partial charge in [0.05, 0.1) is 11.1 Å². The van der Waals surface area contributed by atoms with E-state index in [1.54, 1.807) is 0 Å². The van der Waals surface area contributed by atoms with Crippen LogP contribution < -0.4 is 16.2 Å². The zero-order valence-corrected chi connectivity index (χ0v) is 12.0. The fourth-order valence-electron chi connectivity index (χ4n) is 3.42. The van der Waals surface area contributed by atoms with Crippen LogP contribution in [-0.4, -0.2) is 6.54 Å². The van der Waals surface area contributed by atoms with Crippen molar-refractivity contribution in [1.29, 1.82) is 0 Å². The van der Waals surface area contributed by atoms with Gasteiger partial charge in [-0.3, -0.25) is 0 Å². The second-order valence-electron chi connectivity index (χ2n) is 5.70. The number of hydrogen-bond donors (Lipinski definition) is 0. The van der Waals surface area contributed by atoms with Gasteiger partial charge >= 0.3 is 11.3 Å². The van der Waals surface area contributed by atoms with E-state index < -0.39 is 11.3 Å². The summed E-state index contributed by atoms with van der Waals surface area (Å²) in [5, 5.41) is 0.945. The molecule has 0 N–H and O–H groups in total. The summed E-state index contributed by atoms with van der Waals surface area (Å²) in [7, 11) is 0. The standard InChI is InChI=1S/C18H11NO4/c20-14-6-5-12-17(22-14)13-9-10-3-1-7-19-8-2-4-11(15(10)19)16(13)23-18(12)21/h1-3,5-6,8-9H,4,7H2. The van der Waals surface area contributed by atoms with E-state index in [-0.39, 0.29) is 5.39 Å². The molecule has 0 bridgehead atoms. The molecule has 0 saturated heterocycles. The van der Waals surface area contributed by atoms with Crippen molar-refractivity contribution in [3.8, 4) is 0 Å². The van der Waals surface area contributed by atoms with Crippen LogP contribution in [0.1, 0.15) is 11.1 Å². The van der Waals surface area contributed by atoms with Crippen molar-refractivity contribution in [3.63, 3.8) is 0 Å². The van der Waals surface area contributed by atoms with Gasteiger partial charge in [-0.25, -0.2) is 9.59 Å². The molecule has 112 valence electrons. The molecule has 4 heterocycles. The van der Waals surface area contributed by atoms with Gasteiger partial charge in [-0.15, -0.1) is 0 Å². The van der Waals surface area contributed by atoms with Crippen LogP contribution in [0.5, 0.6) is 0 Å². The number of nitrogens with zero attached hydrogens (tertiary/aromatic N) is 1. The van der Waals surface area contributed by atoms with Gasteiger partial charge in [0.25, 0.3) is 0 Å². The maximum atomic E-state index is 12.3. The minimum Gasteiger partial charge on any atom is -0.422 e. The molecule has 0 unspecified atom stereocenters. The van der Waals surface area contributed by atoms with Gasteiger partial charge in [0.15, 0.2) is 5.58 Å². The molecule has 1 aromatic carbocycles. The van der Waals surface area contributed by atoms with E-state index in [4.69, 9.17) is 8.83 Å². The first-order valence-corrected chi connectivity index (χ1v) is 7.39. The molecular weight excluding hydrogens is 294 g/mol. The second-order valence-corrected chi connectivity index (χ2v) is 5.70. The van der Waals surface area contributed by atoms with Crippen molar-refractivity contribution < 1.29 is 8.83 Å². The maximum absolute atomic E-state index is 12.3. The summed E-state index contributed by atoms with van der Waals surface area (Å²) in [6.07, 6.45) is 8.88. The molecule has 5 heteroatoms. The third kappa shape index (κ3) is 1.61. The molecule has 0 amide bonds. The topological polar surface area (TPSA) is 63.7 Å². The first-order chi connectivity index (χ1) is 11.2. The van der Waals surface area contributed by atoms with Gasteiger partial charge in [-0.2, -0.15) is 0 Å². The van der Waals surface area contributed by atoms with Crippen LogP contribution in [0.4, 0.5) is 5.69 Å². The highest BCUT2D eigenvalue weighted by Gasteiger charge is 2.24. The maximum Gasteiger partial charge on any atom is 0.347 e. The first-order valence-electron chi connectivity index (χ1n) is 7.39. The average molecular weight is 305 g/mol. The molecule has 2 aliphatic rings. The smallest absolute Gasteiger partial charge is 0.347 e. The first kappa shape index (κ1) is 12.5. The number of hydrogen-bond acceptors (Lipinski definition) is 5. The van der Waals surface area contributed by atoms with E-state index in [2.05, 4.69) is 11.0 Å². The van der Waals surface area contributed by atoms with Crippen molar-refractivity contribution in [1.82, 2.24) is 0 Å². The highest BCUT2D eigenvalue weighted by atomic mass is 16.4. The molecule has 0 radical (unpaired) electrons. The SMILES string of the molecule is O=c1ccc2c(=O)oc3c4c5c(cc3c2o1)C=CCN5C=CC4. The van der Waals surface area contributed by atoms with Crippen LogP contribution in [0.25, 0.3) is 28.0 Å². The Morgan fingerprint density at radius 2 is 1.91 bits per heavy atom. The van der Waals surface area contributed by atoms with Crippen LogP contribution in [0.2, 0.25) is 0 Å². The lowest BCUT2D eigenvalue weighted by Gasteiger charge is -2.30. The summed E-state index contributed by atoms with van der Waals surface area (Å²) in [5.41, 5.74) is 2.87. The van der Waals surface area contributed by atoms with Gasteiger partial charge in [0.2, 0.25) is 0 Å². The number of benzene rings is 1. The zero-order valence-electron chi connectivity index (χ0n) is 12.0. The molecular formula is C18H11NO4. The van der Waals surface area contributed by atoms with Crippen molar-refractivity contribution in [2.75, 3.05) is 11.4 Å². The summed E-state index contributed by atoms with van der Waals surface area (Å²) in [4.78, 5) is 26.0. The van der Waals surface area contributed by atoms with E-state index in [1.807, 2.05) is 24.4 Å². The Morgan fingerprint density at radius 1 is 1.00 bits per heavy atom. The normalized spacial score (nSPS) is 15.4. The summed E-state index contributed by atoms with van der Waals surface area (Å²) < 4.78 is 10.9. The Hall–Kier alpha value is -3.08. The molecule has 0 fully saturated rings. The van der Waals surface area contributed by atoms with Gasteiger partial charge in [-0.1, -0.05) is 18.2 Å². The third-order valence-electron chi connectivity index (χ3n) is 4.36. The highest BCUT2D eigenvalue weighted by molar-refractivity contribution is 6.05. The fraction of sp³-hybridized carbons (Fsp3) is 0.111. The third-order valence-corrected chi connectivity index (χ3v) is 4.36. The Balaban J connectivity index is 2.05. The van der Waals surface area contributed by atoms with Crippen molar-refractivity contribution in [2.45, 2.75) is 6.42 Å². The van der Waals surface area contributed by atoms with Crippen LogP contribution >= 0.6 is 0 Å². The lowest BCUT2D eigenvalue weighted by molar-refractivity contribution is 0.541. The predicted molar refractivity (Wildman–Crippen MR) is 87.8 cm³/mol. The van der Waals surface area contributed by atoms with Crippen LogP contribution in [0, 0.1) is 0 Å². The van der Waals surface area contributed by atoms with E-state index in [0.717, 1.165) is 23.4 Å². The largest absolute Gasteiger partial charge is 0.422 e. The molecule has 23 heavy (non-hydrogen) atoms. The zero-order chi connectivity index (χ0) is 15.6. The molecule has 0 saturated carbocycles. The van der Waals surface area contributed by atoms with E-state index in [9.17, 15) is 9.59 Å². The summed E-state index contributed by atoms with van der Waals surface area (Å²) in [6.45, 7) is 0.787. The number of allylic oxidation sites excluding steroid dienone is 1. The lowest BCUT2D eigenvalue weighted by Crippen LogP contribution is -2.23. The molecule has 0 atom stereocenters. The minimum absolute atomic E-state index is 0.284. The molecule has 5 rings (SSSR count). The van der Waals surface area contributed by atoms with Crippen LogP contribution in [-0.2, 0) is 6.42 Å². The monoisotopic (exact) mass is 305 g/mol. The average Bonchev–Trinajstić information content (AvgIpc) is 2.56. The molecule has 2 aliphatic heterocycles. The second kappa shape index (κ2) is 4.23. The predicted octanol–water partition coefficient (Wildman–Crippen LogP) is 2.80. The van der Waals surface area contributed by atoms with Gasteiger partial charge in [-0.05, 0) is 24.1 Å². The van der Waals surface area contributed by atoms with Crippen molar-refractivity contribution in [3.05, 3.63) is 68.5 Å². The van der Waals surface area contributed by atoms with Crippen LogP contribution in [0.15, 0.2) is 55.0 Å². The van der Waals surface area contributed by atoms with E-state index >= 15 is 0 Å². The quantitative estimate of drug-likeness (QED) is 0.472. The molecule has 0 aliphatic carbocycles. The Morgan fingerprint density at radius 3 is 2.83 bits per heavy atom. The van der Waals surface area contributed by atoms with Crippen molar-refractivity contribution in [2.24, 2.45) is 0 Å². The van der Waals surface area contributed by atoms with Gasteiger partial charge < -0.3 is 13.7 Å². The Labute approximate surface area is 129 Å². The van der Waals surface area contributed by atoms with Gasteiger partial charge in [0, 0.05) is 24.4 Å². The van der Waals surface area contributed by atoms with E-state index in [0.29, 0.717) is 23.0 Å². The number of anilines is 1. The summed E-state index contributed by atoms with van der Waals surface area (Å²) in [6, 6.07) is 4.61. The molecule has 2 aromatic heterocycles. The fourth-order valence-corrected chi connectivity index (χ4v) is 3.42. The highest BCUT2D eigenvalue weighted by Crippen LogP contribution is 2.39. The molecule has 3 aromatic rings. The van der Waals surface area contributed by atoms with Gasteiger partial charge in [0.1, 0.15) is 11.0 Å². The Bertz CT molecular complexity index is 1160.